The van der Waals surface area contributed by atoms with Crippen molar-refractivity contribution in [3.63, 3.8) is 0 Å². The molecule has 0 bridgehead atoms. The lowest BCUT2D eigenvalue weighted by atomic mass is 9.99. The first-order chi connectivity index (χ1) is 21.7. The van der Waals surface area contributed by atoms with Crippen LogP contribution in [0.4, 0.5) is 0 Å². The van der Waals surface area contributed by atoms with Crippen LogP contribution in [0.3, 0.4) is 0 Å². The van der Waals surface area contributed by atoms with Gasteiger partial charge in [-0.2, -0.15) is 0 Å². The Morgan fingerprint density at radius 1 is 0.477 bits per heavy atom. The van der Waals surface area contributed by atoms with Gasteiger partial charge in [-0.15, -0.1) is 0 Å². The number of fused-ring (bicyclic) bond motifs is 3. The first-order valence-electron chi connectivity index (χ1n) is 15.1. The Bertz CT molecular complexity index is 2100. The fourth-order valence-corrected chi connectivity index (χ4v) is 6.43. The van der Waals surface area contributed by atoms with Crippen molar-refractivity contribution >= 4 is 33.2 Å². The number of hydrogen-bond donors (Lipinski definition) is 0. The Morgan fingerprint density at radius 3 is 1.57 bits per heavy atom. The van der Waals surface area contributed by atoms with E-state index in [1.807, 2.05) is 6.07 Å². The third-order valence-electron chi connectivity index (χ3n) is 8.67. The molecule has 1 aliphatic heterocycles. The van der Waals surface area contributed by atoms with Crippen LogP contribution in [0.25, 0.3) is 44.3 Å². The van der Waals surface area contributed by atoms with Crippen LogP contribution in [-0.2, 0) is 0 Å². The molecular formula is C41H31N3. The lowest BCUT2D eigenvalue weighted by Crippen LogP contribution is -2.27. The maximum atomic E-state index is 5.23. The highest BCUT2D eigenvalue weighted by Gasteiger charge is 2.25. The summed E-state index contributed by atoms with van der Waals surface area (Å²) in [4.78, 5) is 7.51. The maximum absolute atomic E-state index is 5.23. The lowest BCUT2D eigenvalue weighted by molar-refractivity contribution is 0.364. The zero-order valence-electron chi connectivity index (χ0n) is 24.5. The molecule has 0 amide bonds. The van der Waals surface area contributed by atoms with Crippen molar-refractivity contribution in [1.29, 1.82) is 0 Å². The van der Waals surface area contributed by atoms with Gasteiger partial charge in [-0.25, -0.2) is 0 Å². The summed E-state index contributed by atoms with van der Waals surface area (Å²) < 4.78 is 2.36. The monoisotopic (exact) mass is 565 g/mol. The van der Waals surface area contributed by atoms with Gasteiger partial charge in [0.1, 0.15) is 6.17 Å². The van der Waals surface area contributed by atoms with Crippen molar-refractivity contribution in [2.24, 2.45) is 4.99 Å². The third kappa shape index (κ3) is 4.50. The van der Waals surface area contributed by atoms with Crippen molar-refractivity contribution in [3.8, 4) is 16.8 Å². The molecule has 8 rings (SSSR count). The van der Waals surface area contributed by atoms with Crippen molar-refractivity contribution in [2.45, 2.75) is 6.17 Å². The smallest absolute Gasteiger partial charge is 0.147 e. The Kier molecular flexibility index (Phi) is 6.42. The van der Waals surface area contributed by atoms with Gasteiger partial charge in [0.25, 0.3) is 0 Å². The van der Waals surface area contributed by atoms with Gasteiger partial charge in [0.15, 0.2) is 0 Å². The molecule has 0 spiro atoms. The molecule has 0 aliphatic carbocycles. The number of allylic oxidation sites excluding steroid dienone is 1. The highest BCUT2D eigenvalue weighted by Crippen LogP contribution is 2.36. The van der Waals surface area contributed by atoms with Crippen LogP contribution in [0.15, 0.2) is 169 Å². The Hall–Kier alpha value is -5.67. The van der Waals surface area contributed by atoms with Crippen LogP contribution in [0.5, 0.6) is 0 Å². The van der Waals surface area contributed by atoms with E-state index in [-0.39, 0.29) is 6.17 Å². The van der Waals surface area contributed by atoms with Crippen molar-refractivity contribution in [3.05, 3.63) is 180 Å². The zero-order valence-corrected chi connectivity index (χ0v) is 24.5. The normalized spacial score (nSPS) is 14.9. The van der Waals surface area contributed by atoms with E-state index in [0.717, 1.165) is 28.2 Å². The first-order valence-corrected chi connectivity index (χ1v) is 15.1. The standard InChI is InChI=1S/C41H31N3/c1-43-40(32-14-6-3-7-15-32)28-37(31-12-4-2-5-13-31)42-41(43)33-22-20-29(21-23-33)30-24-26-34(27-25-30)44-38-18-10-8-16-35(38)36-17-9-11-19-39(36)44/h2-28,41H,1H3. The van der Waals surface area contributed by atoms with Crippen LogP contribution in [0.2, 0.25) is 0 Å². The number of nitrogens with zero attached hydrogens (tertiary/aromatic N) is 3. The largest absolute Gasteiger partial charge is 0.349 e. The minimum absolute atomic E-state index is 0.128. The topological polar surface area (TPSA) is 20.5 Å². The van der Waals surface area contributed by atoms with Crippen LogP contribution in [0, 0.1) is 0 Å². The van der Waals surface area contributed by atoms with E-state index in [1.54, 1.807) is 0 Å². The summed E-state index contributed by atoms with van der Waals surface area (Å²) in [5.74, 6) is 0. The van der Waals surface area contributed by atoms with E-state index in [4.69, 9.17) is 4.99 Å². The summed E-state index contributed by atoms with van der Waals surface area (Å²) >= 11 is 0. The average Bonchev–Trinajstić information content (AvgIpc) is 3.44. The second kappa shape index (κ2) is 10.9. The van der Waals surface area contributed by atoms with Crippen molar-refractivity contribution in [2.75, 3.05) is 7.05 Å². The van der Waals surface area contributed by atoms with Gasteiger partial charge in [-0.05, 0) is 58.2 Å². The first kappa shape index (κ1) is 26.0. The van der Waals surface area contributed by atoms with E-state index >= 15 is 0 Å². The highest BCUT2D eigenvalue weighted by molar-refractivity contribution is 6.13. The van der Waals surface area contributed by atoms with Gasteiger partial charge in [0, 0.05) is 29.2 Å². The predicted octanol–water partition coefficient (Wildman–Crippen LogP) is 9.93. The molecule has 44 heavy (non-hydrogen) atoms. The quantitative estimate of drug-likeness (QED) is 0.203. The lowest BCUT2D eigenvalue weighted by Gasteiger charge is -2.34. The number of para-hydroxylation sites is 2. The average molecular weight is 566 g/mol. The van der Waals surface area contributed by atoms with Gasteiger partial charge < -0.3 is 9.47 Å². The summed E-state index contributed by atoms with van der Waals surface area (Å²) in [6.45, 7) is 0. The van der Waals surface area contributed by atoms with E-state index in [2.05, 4.69) is 174 Å². The number of benzene rings is 6. The zero-order chi connectivity index (χ0) is 29.5. The molecule has 0 N–H and O–H groups in total. The molecule has 1 unspecified atom stereocenters. The molecule has 3 heteroatoms. The van der Waals surface area contributed by atoms with Gasteiger partial charge in [-0.3, -0.25) is 4.99 Å². The summed E-state index contributed by atoms with van der Waals surface area (Å²) in [5.41, 5.74) is 11.6. The minimum Gasteiger partial charge on any atom is -0.349 e. The predicted molar refractivity (Wildman–Crippen MR) is 184 cm³/mol. The summed E-state index contributed by atoms with van der Waals surface area (Å²) in [6.07, 6.45) is 2.07. The molecule has 210 valence electrons. The number of aliphatic imine (C=N–C) groups is 1. The maximum Gasteiger partial charge on any atom is 0.147 e. The van der Waals surface area contributed by atoms with E-state index < -0.39 is 0 Å². The van der Waals surface area contributed by atoms with E-state index in [1.165, 1.54) is 38.5 Å². The Morgan fingerprint density at radius 2 is 0.977 bits per heavy atom. The molecule has 0 fully saturated rings. The van der Waals surface area contributed by atoms with Crippen LogP contribution < -0.4 is 0 Å². The summed E-state index contributed by atoms with van der Waals surface area (Å²) in [7, 11) is 2.13. The van der Waals surface area contributed by atoms with Crippen LogP contribution in [0.1, 0.15) is 22.9 Å². The Balaban J connectivity index is 1.12. The molecule has 1 atom stereocenters. The van der Waals surface area contributed by atoms with Gasteiger partial charge in [-0.1, -0.05) is 133 Å². The molecule has 1 aromatic heterocycles. The summed E-state index contributed by atoms with van der Waals surface area (Å²) in [5, 5.41) is 2.55. The van der Waals surface area contributed by atoms with Crippen molar-refractivity contribution < 1.29 is 0 Å². The highest BCUT2D eigenvalue weighted by atomic mass is 15.2. The third-order valence-corrected chi connectivity index (χ3v) is 8.67. The fraction of sp³-hybridized carbons (Fsp3) is 0.0488. The van der Waals surface area contributed by atoms with Gasteiger partial charge in [0.2, 0.25) is 0 Å². The van der Waals surface area contributed by atoms with Gasteiger partial charge in [0.05, 0.1) is 16.7 Å². The SMILES string of the molecule is CN1C(c2ccccc2)=CC(c2ccccc2)=NC1c1ccc(-c2ccc(-n3c4ccccc4c4ccccc43)cc2)cc1. The molecule has 0 radical (unpaired) electrons. The molecule has 6 aromatic carbocycles. The van der Waals surface area contributed by atoms with Crippen LogP contribution in [-0.4, -0.2) is 22.2 Å². The number of aromatic nitrogens is 1. The molecule has 7 aromatic rings. The summed E-state index contributed by atoms with van der Waals surface area (Å²) in [6, 6.07) is 56.1. The molecule has 0 saturated heterocycles. The number of hydrogen-bond acceptors (Lipinski definition) is 2. The Labute approximate surface area is 257 Å². The van der Waals surface area contributed by atoms with Crippen molar-refractivity contribution in [1.82, 2.24) is 9.47 Å². The molecule has 1 aliphatic rings. The second-order valence-corrected chi connectivity index (χ2v) is 11.3. The number of rotatable bonds is 5. The van der Waals surface area contributed by atoms with E-state index in [0.29, 0.717) is 0 Å². The van der Waals surface area contributed by atoms with E-state index in [9.17, 15) is 0 Å². The minimum atomic E-state index is -0.128. The van der Waals surface area contributed by atoms with Crippen LogP contribution >= 0.6 is 0 Å². The molecule has 3 nitrogen and oxygen atoms in total. The molecule has 2 heterocycles. The van der Waals surface area contributed by atoms with Gasteiger partial charge >= 0.3 is 0 Å². The second-order valence-electron chi connectivity index (χ2n) is 11.3. The molecular weight excluding hydrogens is 534 g/mol. The molecule has 0 saturated carbocycles. The fourth-order valence-electron chi connectivity index (χ4n) is 6.43.